The lowest BCUT2D eigenvalue weighted by molar-refractivity contribution is 0.556. The Bertz CT molecular complexity index is 433. The van der Waals surface area contributed by atoms with Crippen molar-refractivity contribution in [3.63, 3.8) is 0 Å². The molecule has 1 aliphatic heterocycles. The van der Waals surface area contributed by atoms with Gasteiger partial charge in [-0.15, -0.1) is 0 Å². The quantitative estimate of drug-likeness (QED) is 0.860. The number of hydrogen-bond acceptors (Lipinski definition) is 2. The summed E-state index contributed by atoms with van der Waals surface area (Å²) in [7, 11) is 1.97. The Labute approximate surface area is 128 Å². The lowest BCUT2D eigenvalue weighted by Gasteiger charge is -2.32. The minimum Gasteiger partial charge on any atom is -0.369 e. The number of nitrogens with one attached hydrogen (secondary N) is 1. The molecule has 2 rings (SSSR count). The van der Waals surface area contributed by atoms with E-state index in [0.717, 1.165) is 11.6 Å². The van der Waals surface area contributed by atoms with Crippen LogP contribution in [0.25, 0.3) is 0 Å². The first kappa shape index (κ1) is 15.7. The van der Waals surface area contributed by atoms with Crippen LogP contribution in [0.15, 0.2) is 18.2 Å². The second kappa shape index (κ2) is 7.33. The molecule has 1 aliphatic rings. The highest BCUT2D eigenvalue weighted by molar-refractivity contribution is 6.31. The van der Waals surface area contributed by atoms with E-state index in [-0.39, 0.29) is 0 Å². The normalized spacial score (nSPS) is 21.6. The van der Waals surface area contributed by atoms with Gasteiger partial charge in [-0.2, -0.15) is 0 Å². The summed E-state index contributed by atoms with van der Waals surface area (Å²) in [6, 6.07) is 7.53. The van der Waals surface area contributed by atoms with Gasteiger partial charge in [0.2, 0.25) is 0 Å². The van der Waals surface area contributed by atoms with Gasteiger partial charge in [0, 0.05) is 29.3 Å². The molecule has 1 saturated heterocycles. The second-order valence-electron chi connectivity index (χ2n) is 5.82. The third-order valence-corrected chi connectivity index (χ3v) is 4.89. The minimum absolute atomic E-state index is 0.294. The van der Waals surface area contributed by atoms with Crippen LogP contribution in [0.3, 0.4) is 0 Å². The molecule has 0 aliphatic carbocycles. The molecule has 112 valence electrons. The molecule has 1 aromatic rings. The molecule has 1 aromatic carbocycles. The molecule has 1 fully saturated rings. The fourth-order valence-corrected chi connectivity index (χ4v) is 3.48. The Morgan fingerprint density at radius 3 is 2.80 bits per heavy atom. The molecule has 2 nitrogen and oxygen atoms in total. The first-order chi connectivity index (χ1) is 9.67. The van der Waals surface area contributed by atoms with E-state index < -0.39 is 0 Å². The SMILES string of the molecule is CCC1CCCCCN1c1ccc(C(C)NC)c(Cl)c1. The maximum atomic E-state index is 6.49. The summed E-state index contributed by atoms with van der Waals surface area (Å²) in [5.74, 6) is 0. The largest absolute Gasteiger partial charge is 0.369 e. The van der Waals surface area contributed by atoms with Crippen molar-refractivity contribution in [2.75, 3.05) is 18.5 Å². The highest BCUT2D eigenvalue weighted by Gasteiger charge is 2.20. The average Bonchev–Trinajstić information content (AvgIpc) is 2.71. The summed E-state index contributed by atoms with van der Waals surface area (Å²) in [5.41, 5.74) is 2.47. The first-order valence-corrected chi connectivity index (χ1v) is 8.28. The molecule has 20 heavy (non-hydrogen) atoms. The van der Waals surface area contributed by atoms with Crippen LogP contribution in [0.5, 0.6) is 0 Å². The Morgan fingerprint density at radius 2 is 2.15 bits per heavy atom. The summed E-state index contributed by atoms with van der Waals surface area (Å²) in [5, 5.41) is 4.13. The molecule has 0 radical (unpaired) electrons. The zero-order valence-electron chi connectivity index (χ0n) is 13.0. The van der Waals surface area contributed by atoms with Crippen LogP contribution in [0.1, 0.15) is 57.6 Å². The molecule has 2 atom stereocenters. The second-order valence-corrected chi connectivity index (χ2v) is 6.23. The smallest absolute Gasteiger partial charge is 0.0474 e. The van der Waals surface area contributed by atoms with Gasteiger partial charge in [-0.25, -0.2) is 0 Å². The molecule has 2 unspecified atom stereocenters. The van der Waals surface area contributed by atoms with Crippen molar-refractivity contribution >= 4 is 17.3 Å². The molecule has 0 amide bonds. The summed E-state index contributed by atoms with van der Waals surface area (Å²) in [6.07, 6.45) is 6.53. The van der Waals surface area contributed by atoms with Crippen LogP contribution in [-0.2, 0) is 0 Å². The van der Waals surface area contributed by atoms with Crippen molar-refractivity contribution in [3.05, 3.63) is 28.8 Å². The number of benzene rings is 1. The van der Waals surface area contributed by atoms with Gasteiger partial charge in [0.05, 0.1) is 0 Å². The first-order valence-electron chi connectivity index (χ1n) is 7.90. The fourth-order valence-electron chi connectivity index (χ4n) is 3.14. The van der Waals surface area contributed by atoms with Crippen molar-refractivity contribution in [2.45, 2.75) is 58.0 Å². The summed E-state index contributed by atoms with van der Waals surface area (Å²) in [4.78, 5) is 2.56. The predicted molar refractivity (Wildman–Crippen MR) is 88.8 cm³/mol. The van der Waals surface area contributed by atoms with Crippen molar-refractivity contribution in [1.82, 2.24) is 5.32 Å². The fraction of sp³-hybridized carbons (Fsp3) is 0.647. The van der Waals surface area contributed by atoms with Crippen LogP contribution in [0.2, 0.25) is 5.02 Å². The zero-order valence-corrected chi connectivity index (χ0v) is 13.7. The minimum atomic E-state index is 0.294. The maximum Gasteiger partial charge on any atom is 0.0474 e. The highest BCUT2D eigenvalue weighted by atomic mass is 35.5. The van der Waals surface area contributed by atoms with Crippen molar-refractivity contribution < 1.29 is 0 Å². The van der Waals surface area contributed by atoms with Gasteiger partial charge in [0.15, 0.2) is 0 Å². The summed E-state index contributed by atoms with van der Waals surface area (Å²) < 4.78 is 0. The topological polar surface area (TPSA) is 15.3 Å². The van der Waals surface area contributed by atoms with Crippen LogP contribution < -0.4 is 10.2 Å². The van der Waals surface area contributed by atoms with Gasteiger partial charge in [0.1, 0.15) is 0 Å². The van der Waals surface area contributed by atoms with Gasteiger partial charge >= 0.3 is 0 Å². The summed E-state index contributed by atoms with van der Waals surface area (Å²) in [6.45, 7) is 5.60. The third kappa shape index (κ3) is 3.48. The number of anilines is 1. The van der Waals surface area contributed by atoms with Crippen LogP contribution >= 0.6 is 11.6 Å². The predicted octanol–water partition coefficient (Wildman–Crippen LogP) is 4.78. The molecule has 3 heteroatoms. The Balaban J connectivity index is 2.24. The van der Waals surface area contributed by atoms with E-state index in [2.05, 4.69) is 42.3 Å². The van der Waals surface area contributed by atoms with E-state index in [0.29, 0.717) is 12.1 Å². The van der Waals surface area contributed by atoms with Crippen molar-refractivity contribution in [1.29, 1.82) is 0 Å². The molecular formula is C17H27ClN2. The maximum absolute atomic E-state index is 6.49. The van der Waals surface area contributed by atoms with Gasteiger partial charge in [-0.3, -0.25) is 0 Å². The third-order valence-electron chi connectivity index (χ3n) is 4.56. The van der Waals surface area contributed by atoms with Gasteiger partial charge < -0.3 is 10.2 Å². The highest BCUT2D eigenvalue weighted by Crippen LogP contribution is 2.31. The summed E-state index contributed by atoms with van der Waals surface area (Å²) >= 11 is 6.49. The van der Waals surface area contributed by atoms with E-state index >= 15 is 0 Å². The molecule has 1 heterocycles. The number of nitrogens with zero attached hydrogens (tertiary/aromatic N) is 1. The number of hydrogen-bond donors (Lipinski definition) is 1. The van der Waals surface area contributed by atoms with Crippen LogP contribution in [-0.4, -0.2) is 19.6 Å². The average molecular weight is 295 g/mol. The molecule has 0 aromatic heterocycles. The Kier molecular flexibility index (Phi) is 5.74. The zero-order chi connectivity index (χ0) is 14.5. The number of halogens is 1. The van der Waals surface area contributed by atoms with Gasteiger partial charge in [0.25, 0.3) is 0 Å². The van der Waals surface area contributed by atoms with E-state index in [4.69, 9.17) is 11.6 Å². The van der Waals surface area contributed by atoms with E-state index in [1.54, 1.807) is 0 Å². The van der Waals surface area contributed by atoms with Gasteiger partial charge in [-0.1, -0.05) is 37.4 Å². The number of rotatable bonds is 4. The van der Waals surface area contributed by atoms with Crippen molar-refractivity contribution in [2.24, 2.45) is 0 Å². The monoisotopic (exact) mass is 294 g/mol. The molecular weight excluding hydrogens is 268 g/mol. The van der Waals surface area contributed by atoms with Crippen LogP contribution in [0, 0.1) is 0 Å². The Hall–Kier alpha value is -0.730. The molecule has 1 N–H and O–H groups in total. The van der Waals surface area contributed by atoms with Crippen molar-refractivity contribution in [3.8, 4) is 0 Å². The van der Waals surface area contributed by atoms with Crippen LogP contribution in [0.4, 0.5) is 5.69 Å². The van der Waals surface area contributed by atoms with E-state index in [1.807, 2.05) is 7.05 Å². The van der Waals surface area contributed by atoms with E-state index in [1.165, 1.54) is 43.4 Å². The molecule has 0 saturated carbocycles. The molecule has 0 spiro atoms. The van der Waals surface area contributed by atoms with Gasteiger partial charge in [-0.05, 0) is 50.9 Å². The lowest BCUT2D eigenvalue weighted by Crippen LogP contribution is -2.34. The Morgan fingerprint density at radius 1 is 1.35 bits per heavy atom. The van der Waals surface area contributed by atoms with E-state index in [9.17, 15) is 0 Å². The molecule has 0 bridgehead atoms. The standard InChI is InChI=1S/C17H27ClN2/c1-4-14-8-6-5-7-11-20(14)15-9-10-16(13(2)19-3)17(18)12-15/h9-10,12-14,19H,4-8,11H2,1-3H3. The lowest BCUT2D eigenvalue weighted by atomic mass is 10.0.